The van der Waals surface area contributed by atoms with E-state index in [2.05, 4.69) is 25.8 Å². The number of hydrogen-bond donors (Lipinski definition) is 1. The fraction of sp³-hybridized carbons (Fsp3) is 0.750. The predicted molar refractivity (Wildman–Crippen MR) is 82.0 cm³/mol. The zero-order chi connectivity index (χ0) is 15.0. The van der Waals surface area contributed by atoms with Crippen LogP contribution in [-0.2, 0) is 11.2 Å². The van der Waals surface area contributed by atoms with Gasteiger partial charge >= 0.3 is 5.97 Å². The summed E-state index contributed by atoms with van der Waals surface area (Å²) >= 11 is 1.63. The van der Waals surface area contributed by atoms with Gasteiger partial charge in [0.2, 0.25) is 0 Å². The third kappa shape index (κ3) is 3.22. The molecule has 1 aliphatic carbocycles. The van der Waals surface area contributed by atoms with Gasteiger partial charge in [0.05, 0.1) is 10.4 Å². The van der Waals surface area contributed by atoms with Gasteiger partial charge in [0.15, 0.2) is 0 Å². The van der Waals surface area contributed by atoms with E-state index in [9.17, 15) is 9.90 Å². The predicted octanol–water partition coefficient (Wildman–Crippen LogP) is 4.30. The summed E-state index contributed by atoms with van der Waals surface area (Å²) in [7, 11) is 0. The van der Waals surface area contributed by atoms with Crippen molar-refractivity contribution in [3.05, 3.63) is 16.1 Å². The van der Waals surface area contributed by atoms with Crippen LogP contribution in [0.2, 0.25) is 0 Å². The SMILES string of the molecule is Cc1ncc(CC2(C(=O)O)CCC(C(C)(C)C)CC2)s1. The van der Waals surface area contributed by atoms with Gasteiger partial charge in [-0.05, 0) is 50.4 Å². The Bertz CT molecular complexity index is 479. The molecular formula is C16H25NO2S. The lowest BCUT2D eigenvalue weighted by Crippen LogP contribution is -2.39. The third-order valence-corrected chi connectivity index (χ3v) is 5.72. The molecule has 0 spiro atoms. The Morgan fingerprint density at radius 2 is 2.05 bits per heavy atom. The van der Waals surface area contributed by atoms with Crippen molar-refractivity contribution in [3.63, 3.8) is 0 Å². The average molecular weight is 295 g/mol. The largest absolute Gasteiger partial charge is 0.481 e. The van der Waals surface area contributed by atoms with E-state index in [1.807, 2.05) is 13.1 Å². The summed E-state index contributed by atoms with van der Waals surface area (Å²) in [6.07, 6.45) is 6.12. The number of rotatable bonds is 3. The molecule has 1 fully saturated rings. The van der Waals surface area contributed by atoms with Crippen molar-refractivity contribution in [1.29, 1.82) is 0 Å². The number of aliphatic carboxylic acids is 1. The quantitative estimate of drug-likeness (QED) is 0.904. The summed E-state index contributed by atoms with van der Waals surface area (Å²) in [5, 5.41) is 10.7. The molecule has 20 heavy (non-hydrogen) atoms. The number of thiazole rings is 1. The van der Waals surface area contributed by atoms with E-state index in [0.29, 0.717) is 12.3 Å². The second kappa shape index (κ2) is 5.47. The first-order valence-electron chi connectivity index (χ1n) is 7.38. The van der Waals surface area contributed by atoms with Crippen LogP contribution >= 0.6 is 11.3 Å². The lowest BCUT2D eigenvalue weighted by Gasteiger charge is -2.41. The maximum atomic E-state index is 11.8. The molecule has 0 unspecified atom stereocenters. The maximum Gasteiger partial charge on any atom is 0.309 e. The van der Waals surface area contributed by atoms with Gasteiger partial charge in [0.1, 0.15) is 0 Å². The van der Waals surface area contributed by atoms with E-state index in [4.69, 9.17) is 0 Å². The van der Waals surface area contributed by atoms with Gasteiger partial charge < -0.3 is 5.11 Å². The molecule has 0 amide bonds. The minimum Gasteiger partial charge on any atom is -0.481 e. The van der Waals surface area contributed by atoms with E-state index in [-0.39, 0.29) is 5.41 Å². The summed E-state index contributed by atoms with van der Waals surface area (Å²) in [6.45, 7) is 8.76. The van der Waals surface area contributed by atoms with Crippen molar-refractivity contribution in [1.82, 2.24) is 4.98 Å². The minimum absolute atomic E-state index is 0.283. The molecule has 3 nitrogen and oxygen atoms in total. The second-order valence-electron chi connectivity index (χ2n) is 7.25. The molecule has 112 valence electrons. The summed E-state index contributed by atoms with van der Waals surface area (Å²) in [5.41, 5.74) is -0.285. The summed E-state index contributed by atoms with van der Waals surface area (Å²) in [6, 6.07) is 0. The van der Waals surface area contributed by atoms with Crippen LogP contribution in [0, 0.1) is 23.7 Å². The molecule has 2 rings (SSSR count). The highest BCUT2D eigenvalue weighted by Crippen LogP contribution is 2.47. The Labute approximate surface area is 125 Å². The van der Waals surface area contributed by atoms with Gasteiger partial charge in [-0.15, -0.1) is 11.3 Å². The first-order chi connectivity index (χ1) is 9.23. The number of carboxylic acid groups (broad SMARTS) is 1. The first kappa shape index (κ1) is 15.5. The number of hydrogen-bond acceptors (Lipinski definition) is 3. The normalized spacial score (nSPS) is 27.5. The molecule has 1 aromatic rings. The lowest BCUT2D eigenvalue weighted by atomic mass is 9.63. The van der Waals surface area contributed by atoms with E-state index >= 15 is 0 Å². The van der Waals surface area contributed by atoms with Gasteiger partial charge in [-0.2, -0.15) is 0 Å². The van der Waals surface area contributed by atoms with Crippen molar-refractivity contribution < 1.29 is 9.90 Å². The van der Waals surface area contributed by atoms with Crippen LogP contribution in [0.25, 0.3) is 0 Å². The Hall–Kier alpha value is -0.900. The van der Waals surface area contributed by atoms with Crippen molar-refractivity contribution in [3.8, 4) is 0 Å². The topological polar surface area (TPSA) is 50.2 Å². The van der Waals surface area contributed by atoms with Crippen LogP contribution < -0.4 is 0 Å². The fourth-order valence-electron chi connectivity index (χ4n) is 3.32. The zero-order valence-corrected chi connectivity index (χ0v) is 13.7. The van der Waals surface area contributed by atoms with Crippen LogP contribution in [0.5, 0.6) is 0 Å². The number of carbonyl (C=O) groups is 1. The Morgan fingerprint density at radius 3 is 2.45 bits per heavy atom. The average Bonchev–Trinajstić information content (AvgIpc) is 2.74. The van der Waals surface area contributed by atoms with Gasteiger partial charge in [-0.3, -0.25) is 4.79 Å². The monoisotopic (exact) mass is 295 g/mol. The van der Waals surface area contributed by atoms with Gasteiger partial charge in [0, 0.05) is 11.1 Å². The summed E-state index contributed by atoms with van der Waals surface area (Å²) in [4.78, 5) is 17.2. The van der Waals surface area contributed by atoms with Crippen molar-refractivity contribution in [2.24, 2.45) is 16.7 Å². The highest BCUT2D eigenvalue weighted by Gasteiger charge is 2.44. The Morgan fingerprint density at radius 1 is 1.45 bits per heavy atom. The van der Waals surface area contributed by atoms with Crippen LogP contribution in [-0.4, -0.2) is 16.1 Å². The van der Waals surface area contributed by atoms with Gasteiger partial charge in [-0.25, -0.2) is 4.98 Å². The lowest BCUT2D eigenvalue weighted by molar-refractivity contribution is -0.152. The van der Waals surface area contributed by atoms with Crippen LogP contribution in [0.15, 0.2) is 6.20 Å². The Kier molecular flexibility index (Phi) is 4.24. The van der Waals surface area contributed by atoms with Crippen molar-refractivity contribution in [2.45, 2.75) is 59.8 Å². The molecule has 0 aliphatic heterocycles. The maximum absolute atomic E-state index is 11.8. The molecule has 1 heterocycles. The molecule has 0 radical (unpaired) electrons. The number of aryl methyl sites for hydroxylation is 1. The zero-order valence-electron chi connectivity index (χ0n) is 12.9. The van der Waals surface area contributed by atoms with Crippen LogP contribution in [0.3, 0.4) is 0 Å². The molecule has 0 bridgehead atoms. The molecular weight excluding hydrogens is 270 g/mol. The van der Waals surface area contributed by atoms with Crippen molar-refractivity contribution in [2.75, 3.05) is 0 Å². The molecule has 1 saturated carbocycles. The van der Waals surface area contributed by atoms with Crippen molar-refractivity contribution >= 4 is 17.3 Å². The first-order valence-corrected chi connectivity index (χ1v) is 8.19. The molecule has 1 aromatic heterocycles. The standard InChI is InChI=1S/C16H25NO2S/c1-11-17-10-13(20-11)9-16(14(18)19)7-5-12(6-8-16)15(2,3)4/h10,12H,5-9H2,1-4H3,(H,18,19). The highest BCUT2D eigenvalue weighted by molar-refractivity contribution is 7.11. The second-order valence-corrected chi connectivity index (χ2v) is 8.57. The summed E-state index contributed by atoms with van der Waals surface area (Å²) in [5.74, 6) is 0.00841. The van der Waals surface area contributed by atoms with Crippen LogP contribution in [0.4, 0.5) is 0 Å². The molecule has 0 aromatic carbocycles. The smallest absolute Gasteiger partial charge is 0.309 e. The van der Waals surface area contributed by atoms with E-state index in [0.717, 1.165) is 35.6 Å². The highest BCUT2D eigenvalue weighted by atomic mass is 32.1. The van der Waals surface area contributed by atoms with Gasteiger partial charge in [0.25, 0.3) is 0 Å². The van der Waals surface area contributed by atoms with Gasteiger partial charge in [-0.1, -0.05) is 20.8 Å². The summed E-state index contributed by atoms with van der Waals surface area (Å²) < 4.78 is 0. The third-order valence-electron chi connectivity index (χ3n) is 4.80. The Balaban J connectivity index is 2.11. The van der Waals surface area contributed by atoms with E-state index in [1.54, 1.807) is 11.3 Å². The molecule has 0 saturated heterocycles. The fourth-order valence-corrected chi connectivity index (χ4v) is 4.26. The number of nitrogens with zero attached hydrogens (tertiary/aromatic N) is 1. The minimum atomic E-state index is -0.629. The van der Waals surface area contributed by atoms with E-state index in [1.165, 1.54) is 0 Å². The number of carboxylic acids is 1. The molecule has 0 atom stereocenters. The molecule has 1 N–H and O–H groups in total. The molecule has 1 aliphatic rings. The van der Waals surface area contributed by atoms with E-state index < -0.39 is 11.4 Å². The molecule has 4 heteroatoms. The van der Waals surface area contributed by atoms with Crippen LogP contribution in [0.1, 0.15) is 56.3 Å². The number of aromatic nitrogens is 1.